The molecule has 4 aromatic rings. The largest absolute Gasteiger partial charge is 0.416 e. The van der Waals surface area contributed by atoms with Crippen LogP contribution in [0, 0.1) is 0 Å². The average Bonchev–Trinajstić information content (AvgIpc) is 2.79. The summed E-state index contributed by atoms with van der Waals surface area (Å²) in [7, 11) is 0. The molecule has 2 N–H and O–H groups in total. The Labute approximate surface area is 186 Å². The fourth-order valence-corrected chi connectivity index (χ4v) is 3.45. The van der Waals surface area contributed by atoms with Gasteiger partial charge in [-0.2, -0.15) is 18.2 Å². The molecule has 0 aliphatic rings. The molecule has 10 heteroatoms. The molecule has 0 aliphatic carbocycles. The van der Waals surface area contributed by atoms with E-state index in [1.165, 1.54) is 35.8 Å². The van der Waals surface area contributed by atoms with E-state index in [1.54, 1.807) is 24.3 Å². The molecule has 2 heterocycles. The van der Waals surface area contributed by atoms with E-state index in [-0.39, 0.29) is 17.3 Å². The highest BCUT2D eigenvalue weighted by Crippen LogP contribution is 2.31. The number of pyridine rings is 1. The lowest BCUT2D eigenvalue weighted by molar-refractivity contribution is -0.137. The van der Waals surface area contributed by atoms with E-state index in [9.17, 15) is 28.2 Å². The van der Waals surface area contributed by atoms with Crippen LogP contribution in [0.4, 0.5) is 19.1 Å². The molecule has 0 amide bonds. The van der Waals surface area contributed by atoms with Crippen LogP contribution in [0.15, 0.2) is 71.5 Å². The first-order valence-corrected chi connectivity index (χ1v) is 9.93. The van der Waals surface area contributed by atoms with Crippen molar-refractivity contribution in [3.05, 3.63) is 82.6 Å². The summed E-state index contributed by atoms with van der Waals surface area (Å²) in [5.74, 6) is -0.0508. The number of fused-ring (bicyclic) bond motifs is 1. The molecule has 0 saturated heterocycles. The van der Waals surface area contributed by atoms with Gasteiger partial charge in [0.1, 0.15) is 13.0 Å². The van der Waals surface area contributed by atoms with Gasteiger partial charge in [0.05, 0.1) is 16.9 Å². The van der Waals surface area contributed by atoms with Gasteiger partial charge >= 0.3 is 6.18 Å². The van der Waals surface area contributed by atoms with Crippen molar-refractivity contribution in [2.75, 3.05) is 11.6 Å². The maximum atomic E-state index is 13.0. The van der Waals surface area contributed by atoms with Crippen LogP contribution in [0.1, 0.15) is 12.5 Å². The second-order valence-electron chi connectivity index (χ2n) is 7.27. The summed E-state index contributed by atoms with van der Waals surface area (Å²) in [5, 5.41) is 20.3. The quantitative estimate of drug-likeness (QED) is 0.447. The summed E-state index contributed by atoms with van der Waals surface area (Å²) in [4.78, 5) is 22.8. The third-order valence-electron chi connectivity index (χ3n) is 5.10. The number of aromatic nitrogens is 3. The molecule has 0 radical (unpaired) electrons. The summed E-state index contributed by atoms with van der Waals surface area (Å²) in [6.07, 6.45) is -5.66. The van der Waals surface area contributed by atoms with Crippen molar-refractivity contribution >= 4 is 17.0 Å². The van der Waals surface area contributed by atoms with Gasteiger partial charge in [0.15, 0.2) is 5.65 Å². The molecular formula is C23H19F3N4O3. The predicted octanol–water partition coefficient (Wildman–Crippen LogP) is 3.56. The molecule has 2 aromatic heterocycles. The van der Waals surface area contributed by atoms with Gasteiger partial charge in [-0.25, -0.2) is 4.98 Å². The Morgan fingerprint density at radius 1 is 1.00 bits per heavy atom. The third-order valence-corrected chi connectivity index (χ3v) is 5.10. The van der Waals surface area contributed by atoms with Crippen molar-refractivity contribution in [3.8, 4) is 16.9 Å². The van der Waals surface area contributed by atoms with Crippen LogP contribution in [0.3, 0.4) is 0 Å². The summed E-state index contributed by atoms with van der Waals surface area (Å²) in [5.41, 5.74) is 0.0431. The number of halogens is 3. The first-order valence-electron chi connectivity index (χ1n) is 9.93. The standard InChI is InChI=1S/C23H19F3N4O3/c1-14(32)29(13-31)22-27-20(15-5-3-2-4-6-15)18-11-12-19(33)30(21(18)28-22)17-9-7-16(8-10-17)23(24,25)26/h2-12,14,31-32H,13H2,1H3. The maximum absolute atomic E-state index is 13.0. The van der Waals surface area contributed by atoms with Gasteiger partial charge < -0.3 is 10.2 Å². The molecular weight excluding hydrogens is 437 g/mol. The van der Waals surface area contributed by atoms with Crippen molar-refractivity contribution < 1.29 is 23.4 Å². The van der Waals surface area contributed by atoms with Crippen LogP contribution >= 0.6 is 0 Å². The normalized spacial score (nSPS) is 12.7. The molecule has 0 spiro atoms. The molecule has 1 unspecified atom stereocenters. The molecule has 0 aliphatic heterocycles. The summed E-state index contributed by atoms with van der Waals surface area (Å²) in [6, 6.07) is 16.0. The molecule has 2 aromatic carbocycles. The minimum absolute atomic E-state index is 0.0508. The van der Waals surface area contributed by atoms with Gasteiger partial charge in [0.25, 0.3) is 5.56 Å². The monoisotopic (exact) mass is 456 g/mol. The van der Waals surface area contributed by atoms with Crippen molar-refractivity contribution in [3.63, 3.8) is 0 Å². The summed E-state index contributed by atoms with van der Waals surface area (Å²) >= 11 is 0. The number of nitrogens with zero attached hydrogens (tertiary/aromatic N) is 4. The first-order chi connectivity index (χ1) is 15.7. The zero-order valence-corrected chi connectivity index (χ0v) is 17.4. The number of hydrogen-bond acceptors (Lipinski definition) is 6. The van der Waals surface area contributed by atoms with Crippen molar-refractivity contribution in [1.82, 2.24) is 14.5 Å². The van der Waals surface area contributed by atoms with Gasteiger partial charge in [-0.3, -0.25) is 14.3 Å². The highest BCUT2D eigenvalue weighted by molar-refractivity contribution is 5.92. The van der Waals surface area contributed by atoms with E-state index in [0.29, 0.717) is 16.6 Å². The van der Waals surface area contributed by atoms with E-state index >= 15 is 0 Å². The Balaban J connectivity index is 2.04. The Bertz CT molecular complexity index is 1340. The minimum atomic E-state index is -4.52. The topological polar surface area (TPSA) is 91.5 Å². The van der Waals surface area contributed by atoms with Crippen LogP contribution < -0.4 is 10.5 Å². The van der Waals surface area contributed by atoms with Crippen LogP contribution in [0.25, 0.3) is 28.0 Å². The summed E-state index contributed by atoms with van der Waals surface area (Å²) < 4.78 is 40.2. The maximum Gasteiger partial charge on any atom is 0.416 e. The van der Waals surface area contributed by atoms with E-state index in [2.05, 4.69) is 9.97 Å². The summed E-state index contributed by atoms with van der Waals surface area (Å²) in [6.45, 7) is 0.814. The fraction of sp³-hybridized carbons (Fsp3) is 0.174. The Morgan fingerprint density at radius 3 is 2.24 bits per heavy atom. The van der Waals surface area contributed by atoms with E-state index in [4.69, 9.17) is 0 Å². The lowest BCUT2D eigenvalue weighted by atomic mass is 10.1. The van der Waals surface area contributed by atoms with E-state index in [1.807, 2.05) is 6.07 Å². The Morgan fingerprint density at radius 2 is 1.67 bits per heavy atom. The van der Waals surface area contributed by atoms with Crippen molar-refractivity contribution in [1.29, 1.82) is 0 Å². The molecule has 33 heavy (non-hydrogen) atoms. The third kappa shape index (κ3) is 4.30. The number of benzene rings is 2. The zero-order valence-electron chi connectivity index (χ0n) is 17.4. The van der Waals surface area contributed by atoms with Crippen LogP contribution in [0.2, 0.25) is 0 Å². The van der Waals surface area contributed by atoms with E-state index in [0.717, 1.165) is 17.0 Å². The Hall–Kier alpha value is -3.76. The fourth-order valence-electron chi connectivity index (χ4n) is 3.45. The highest BCUT2D eigenvalue weighted by atomic mass is 19.4. The van der Waals surface area contributed by atoms with Gasteiger partial charge in [-0.15, -0.1) is 0 Å². The number of aliphatic hydroxyl groups is 2. The van der Waals surface area contributed by atoms with Crippen molar-refractivity contribution in [2.45, 2.75) is 19.3 Å². The van der Waals surface area contributed by atoms with Gasteiger partial charge in [0, 0.05) is 17.0 Å². The molecule has 0 saturated carbocycles. The smallest absolute Gasteiger partial charge is 0.376 e. The molecule has 4 rings (SSSR count). The van der Waals surface area contributed by atoms with Gasteiger partial charge in [-0.1, -0.05) is 30.3 Å². The Kier molecular flexibility index (Phi) is 5.88. The van der Waals surface area contributed by atoms with Crippen LogP contribution in [0.5, 0.6) is 0 Å². The molecule has 1 atom stereocenters. The number of rotatable bonds is 5. The number of aliphatic hydroxyl groups excluding tert-OH is 2. The molecule has 7 nitrogen and oxygen atoms in total. The molecule has 0 bridgehead atoms. The van der Waals surface area contributed by atoms with Crippen molar-refractivity contribution in [2.24, 2.45) is 0 Å². The lowest BCUT2D eigenvalue weighted by Gasteiger charge is -2.24. The minimum Gasteiger partial charge on any atom is -0.376 e. The van der Waals surface area contributed by atoms with Gasteiger partial charge in [0.2, 0.25) is 5.95 Å². The number of anilines is 1. The number of hydrogen-bond donors (Lipinski definition) is 2. The van der Waals surface area contributed by atoms with E-state index < -0.39 is 30.3 Å². The first kappa shape index (κ1) is 22.4. The SMILES string of the molecule is CC(O)N(CO)c1nc(-c2ccccc2)c2ccc(=O)n(-c3ccc(C(F)(F)F)cc3)c2n1. The average molecular weight is 456 g/mol. The number of alkyl halides is 3. The molecule has 170 valence electrons. The predicted molar refractivity (Wildman–Crippen MR) is 117 cm³/mol. The lowest BCUT2D eigenvalue weighted by Crippen LogP contribution is -2.35. The van der Waals surface area contributed by atoms with Gasteiger partial charge in [-0.05, 0) is 37.3 Å². The second kappa shape index (κ2) is 8.64. The van der Waals surface area contributed by atoms with Crippen LogP contribution in [-0.4, -0.2) is 37.7 Å². The molecule has 0 fully saturated rings. The van der Waals surface area contributed by atoms with Crippen LogP contribution in [-0.2, 0) is 6.18 Å². The highest BCUT2D eigenvalue weighted by Gasteiger charge is 2.30. The zero-order chi connectivity index (χ0) is 23.8. The second-order valence-corrected chi connectivity index (χ2v) is 7.27.